The number of H-pyrrole nitrogens is 1. The Bertz CT molecular complexity index is 501. The molecule has 1 aromatic carbocycles. The first-order valence-electron chi connectivity index (χ1n) is 4.76. The van der Waals surface area contributed by atoms with Crippen LogP contribution in [0.4, 0.5) is 13.2 Å². The number of nitrogens with one attached hydrogen (secondary N) is 1. The molecule has 2 aromatic rings. The quantitative estimate of drug-likeness (QED) is 0.828. The number of rotatable bonds is 2. The lowest BCUT2D eigenvalue weighted by atomic mass is 10.1. The molecular weight excluding hydrogens is 219 g/mol. The molecule has 3 nitrogen and oxygen atoms in total. The minimum absolute atomic E-state index is 0.318. The van der Waals surface area contributed by atoms with Gasteiger partial charge in [0.2, 0.25) is 0 Å². The van der Waals surface area contributed by atoms with Gasteiger partial charge in [-0.1, -0.05) is 6.07 Å². The summed E-state index contributed by atoms with van der Waals surface area (Å²) in [7, 11) is 0. The molecule has 3 N–H and O–H groups in total. The van der Waals surface area contributed by atoms with Gasteiger partial charge in [0.25, 0.3) is 0 Å². The molecule has 0 aliphatic heterocycles. The van der Waals surface area contributed by atoms with E-state index in [-0.39, 0.29) is 0 Å². The van der Waals surface area contributed by atoms with Crippen LogP contribution in [0.1, 0.15) is 11.3 Å². The maximum Gasteiger partial charge on any atom is 0.416 e. The fourth-order valence-corrected chi connectivity index (χ4v) is 1.58. The molecule has 0 aliphatic rings. The van der Waals surface area contributed by atoms with Crippen molar-refractivity contribution in [3.8, 4) is 0 Å². The number of alkyl halides is 3. The fraction of sp³-hybridized carbons (Fsp3) is 0.300. The van der Waals surface area contributed by atoms with E-state index in [9.17, 15) is 13.2 Å². The molecular formula is C10H10F3N3. The van der Waals surface area contributed by atoms with Gasteiger partial charge in [-0.3, -0.25) is 5.10 Å². The van der Waals surface area contributed by atoms with Gasteiger partial charge in [-0.25, -0.2) is 0 Å². The van der Waals surface area contributed by atoms with E-state index in [0.717, 1.165) is 17.8 Å². The average Bonchev–Trinajstić information content (AvgIpc) is 2.60. The number of benzene rings is 1. The minimum Gasteiger partial charge on any atom is -0.330 e. The smallest absolute Gasteiger partial charge is 0.330 e. The fourth-order valence-electron chi connectivity index (χ4n) is 1.58. The number of aromatic amines is 1. The number of hydrogen-bond donors (Lipinski definition) is 2. The second-order valence-electron chi connectivity index (χ2n) is 3.47. The molecule has 0 fully saturated rings. The molecule has 0 atom stereocenters. The number of halogens is 3. The van der Waals surface area contributed by atoms with Crippen LogP contribution in [-0.2, 0) is 12.6 Å². The third kappa shape index (κ3) is 1.88. The van der Waals surface area contributed by atoms with Crippen LogP contribution in [0.3, 0.4) is 0 Å². The summed E-state index contributed by atoms with van der Waals surface area (Å²) < 4.78 is 37.2. The zero-order valence-corrected chi connectivity index (χ0v) is 8.30. The Kier molecular flexibility index (Phi) is 2.59. The zero-order valence-electron chi connectivity index (χ0n) is 8.30. The van der Waals surface area contributed by atoms with Crippen LogP contribution in [0.25, 0.3) is 10.9 Å². The van der Waals surface area contributed by atoms with Crippen LogP contribution in [0.5, 0.6) is 0 Å². The highest BCUT2D eigenvalue weighted by molar-refractivity contribution is 5.82. The molecule has 1 heterocycles. The highest BCUT2D eigenvalue weighted by Gasteiger charge is 2.30. The maximum atomic E-state index is 12.4. The number of nitrogens with zero attached hydrogens (tertiary/aromatic N) is 1. The third-order valence-corrected chi connectivity index (χ3v) is 2.36. The monoisotopic (exact) mass is 229 g/mol. The molecule has 1 aromatic heterocycles. The molecule has 0 radical (unpaired) electrons. The zero-order chi connectivity index (χ0) is 11.8. The molecule has 0 aliphatic carbocycles. The van der Waals surface area contributed by atoms with Gasteiger partial charge < -0.3 is 5.73 Å². The molecule has 0 saturated heterocycles. The molecule has 86 valence electrons. The van der Waals surface area contributed by atoms with E-state index in [4.69, 9.17) is 5.73 Å². The lowest BCUT2D eigenvalue weighted by molar-refractivity contribution is -0.137. The van der Waals surface area contributed by atoms with Crippen molar-refractivity contribution >= 4 is 10.9 Å². The molecule has 0 amide bonds. The van der Waals surface area contributed by atoms with Crippen molar-refractivity contribution in [2.75, 3.05) is 6.54 Å². The largest absolute Gasteiger partial charge is 0.416 e. The molecule has 0 saturated carbocycles. The molecule has 6 heteroatoms. The first kappa shape index (κ1) is 10.9. The number of hydrogen-bond acceptors (Lipinski definition) is 2. The summed E-state index contributed by atoms with van der Waals surface area (Å²) >= 11 is 0. The Hall–Kier alpha value is -1.56. The third-order valence-electron chi connectivity index (χ3n) is 2.36. The lowest BCUT2D eigenvalue weighted by Gasteiger charge is -2.05. The van der Waals surface area contributed by atoms with Crippen LogP contribution < -0.4 is 5.73 Å². The van der Waals surface area contributed by atoms with Gasteiger partial charge in [-0.2, -0.15) is 18.3 Å². The maximum absolute atomic E-state index is 12.4. The van der Waals surface area contributed by atoms with E-state index in [1.165, 1.54) is 6.07 Å². The number of nitrogens with two attached hydrogens (primary N) is 1. The first-order valence-corrected chi connectivity index (χ1v) is 4.76. The molecule has 0 spiro atoms. The molecule has 0 unspecified atom stereocenters. The topological polar surface area (TPSA) is 54.7 Å². The summed E-state index contributed by atoms with van der Waals surface area (Å²) in [4.78, 5) is 0. The number of fused-ring (bicyclic) bond motifs is 1. The standard InChI is InChI=1S/C10H10F3N3/c11-10(12,13)6-1-2-7-8(3-4-14)15-16-9(7)5-6/h1-2,5H,3-4,14H2,(H,15,16). The van der Waals surface area contributed by atoms with Crippen molar-refractivity contribution in [1.29, 1.82) is 0 Å². The van der Waals surface area contributed by atoms with E-state index in [1.807, 2.05) is 0 Å². The molecule has 2 rings (SSSR count). The Balaban J connectivity index is 2.49. The highest BCUT2D eigenvalue weighted by atomic mass is 19.4. The van der Waals surface area contributed by atoms with Crippen molar-refractivity contribution < 1.29 is 13.2 Å². The summed E-state index contributed by atoms with van der Waals surface area (Å²) in [5, 5.41) is 7.22. The van der Waals surface area contributed by atoms with E-state index in [1.54, 1.807) is 0 Å². The van der Waals surface area contributed by atoms with Crippen molar-refractivity contribution in [3.63, 3.8) is 0 Å². The molecule has 16 heavy (non-hydrogen) atoms. The van der Waals surface area contributed by atoms with E-state index in [2.05, 4.69) is 10.2 Å². The predicted molar refractivity (Wildman–Crippen MR) is 53.9 cm³/mol. The first-order chi connectivity index (χ1) is 7.52. The van der Waals surface area contributed by atoms with Crippen LogP contribution in [-0.4, -0.2) is 16.7 Å². The van der Waals surface area contributed by atoms with Crippen molar-refractivity contribution in [2.45, 2.75) is 12.6 Å². The Morgan fingerprint density at radius 3 is 2.69 bits per heavy atom. The van der Waals surface area contributed by atoms with E-state index in [0.29, 0.717) is 23.9 Å². The van der Waals surface area contributed by atoms with Gasteiger partial charge in [0, 0.05) is 17.5 Å². The Labute approximate surface area is 89.4 Å². The average molecular weight is 229 g/mol. The van der Waals surface area contributed by atoms with Gasteiger partial charge in [-0.15, -0.1) is 0 Å². The van der Waals surface area contributed by atoms with E-state index >= 15 is 0 Å². The number of aromatic nitrogens is 2. The van der Waals surface area contributed by atoms with Crippen molar-refractivity contribution in [2.24, 2.45) is 5.73 Å². The minimum atomic E-state index is -4.33. The van der Waals surface area contributed by atoms with Crippen LogP contribution in [0.15, 0.2) is 18.2 Å². The van der Waals surface area contributed by atoms with Crippen molar-refractivity contribution in [1.82, 2.24) is 10.2 Å². The second kappa shape index (κ2) is 3.79. The lowest BCUT2D eigenvalue weighted by Crippen LogP contribution is -2.04. The van der Waals surface area contributed by atoms with Crippen LogP contribution in [0.2, 0.25) is 0 Å². The normalized spacial score (nSPS) is 12.2. The van der Waals surface area contributed by atoms with Gasteiger partial charge in [0.1, 0.15) is 0 Å². The van der Waals surface area contributed by atoms with Gasteiger partial charge >= 0.3 is 6.18 Å². The van der Waals surface area contributed by atoms with Gasteiger partial charge in [-0.05, 0) is 18.7 Å². The summed E-state index contributed by atoms with van der Waals surface area (Å²) in [5.41, 5.74) is 5.78. The Morgan fingerprint density at radius 1 is 1.31 bits per heavy atom. The predicted octanol–water partition coefficient (Wildman–Crippen LogP) is 2.08. The second-order valence-corrected chi connectivity index (χ2v) is 3.47. The summed E-state index contributed by atoms with van der Waals surface area (Å²) in [6.45, 7) is 0.429. The van der Waals surface area contributed by atoms with Crippen LogP contribution >= 0.6 is 0 Å². The van der Waals surface area contributed by atoms with Crippen molar-refractivity contribution in [3.05, 3.63) is 29.5 Å². The van der Waals surface area contributed by atoms with Gasteiger partial charge in [0.05, 0.1) is 11.1 Å². The van der Waals surface area contributed by atoms with Gasteiger partial charge in [0.15, 0.2) is 0 Å². The van der Waals surface area contributed by atoms with Crippen LogP contribution in [0, 0.1) is 0 Å². The molecule has 0 bridgehead atoms. The summed E-state index contributed by atoms with van der Waals surface area (Å²) in [6, 6.07) is 3.51. The Morgan fingerprint density at radius 2 is 2.06 bits per heavy atom. The SMILES string of the molecule is NCCc1[nH]nc2cc(C(F)(F)F)ccc12. The highest BCUT2D eigenvalue weighted by Crippen LogP contribution is 2.31. The van der Waals surface area contributed by atoms with E-state index < -0.39 is 11.7 Å². The summed E-state index contributed by atoms with van der Waals surface area (Å²) in [5.74, 6) is 0. The summed E-state index contributed by atoms with van der Waals surface area (Å²) in [6.07, 6.45) is -3.76.